The molecule has 0 aliphatic rings. The Morgan fingerprint density at radius 3 is 2.75 bits per heavy atom. The standard InChI is InChI=1S/C9H22N2Si/c1-4-10-12-9-7-5-6-8-11(2)3/h7,9-10H,4-6,8,12H2,1-3H3. The van der Waals surface area contributed by atoms with Gasteiger partial charge in [0, 0.05) is 0 Å². The molecule has 0 bridgehead atoms. The van der Waals surface area contributed by atoms with Crippen LogP contribution in [0.15, 0.2) is 11.8 Å². The Labute approximate surface area is 78.9 Å². The van der Waals surface area contributed by atoms with Gasteiger partial charge in [0.05, 0.1) is 0 Å². The molecule has 0 rings (SSSR count). The van der Waals surface area contributed by atoms with Gasteiger partial charge in [-0.1, -0.05) is 18.7 Å². The van der Waals surface area contributed by atoms with Crippen molar-refractivity contribution >= 4 is 9.68 Å². The van der Waals surface area contributed by atoms with Crippen molar-refractivity contribution < 1.29 is 0 Å². The smallest absolute Gasteiger partial charge is 0.116 e. The minimum atomic E-state index is -0.0802. The molecule has 0 aliphatic carbocycles. The first-order valence-corrected chi connectivity index (χ1v) is 6.30. The lowest BCUT2D eigenvalue weighted by Crippen LogP contribution is -2.16. The number of hydrogen-bond acceptors (Lipinski definition) is 2. The van der Waals surface area contributed by atoms with Crippen LogP contribution in [0.25, 0.3) is 0 Å². The van der Waals surface area contributed by atoms with Crippen molar-refractivity contribution in [2.75, 3.05) is 27.2 Å². The van der Waals surface area contributed by atoms with E-state index in [1.165, 1.54) is 19.4 Å². The lowest BCUT2D eigenvalue weighted by Gasteiger charge is -2.06. The quantitative estimate of drug-likeness (QED) is 0.461. The highest BCUT2D eigenvalue weighted by Crippen LogP contribution is 1.91. The van der Waals surface area contributed by atoms with Gasteiger partial charge in [-0.05, 0) is 40.0 Å². The van der Waals surface area contributed by atoms with Gasteiger partial charge in [-0.25, -0.2) is 0 Å². The normalized spacial score (nSPS) is 12.7. The molecule has 0 saturated carbocycles. The van der Waals surface area contributed by atoms with Crippen molar-refractivity contribution in [3.05, 3.63) is 11.8 Å². The number of hydrogen-bond donors (Lipinski definition) is 1. The summed E-state index contributed by atoms with van der Waals surface area (Å²) in [5, 5.41) is 0. The summed E-state index contributed by atoms with van der Waals surface area (Å²) in [5.74, 6) is 0. The fraction of sp³-hybridized carbons (Fsp3) is 0.778. The lowest BCUT2D eigenvalue weighted by molar-refractivity contribution is 0.402. The largest absolute Gasteiger partial charge is 0.339 e. The highest BCUT2D eigenvalue weighted by molar-refractivity contribution is 6.38. The molecule has 0 atom stereocenters. The van der Waals surface area contributed by atoms with Gasteiger partial charge in [0.1, 0.15) is 9.68 Å². The van der Waals surface area contributed by atoms with Crippen LogP contribution in [0.3, 0.4) is 0 Å². The van der Waals surface area contributed by atoms with Crippen LogP contribution in [0.4, 0.5) is 0 Å². The first-order valence-electron chi connectivity index (χ1n) is 4.77. The van der Waals surface area contributed by atoms with Crippen LogP contribution >= 0.6 is 0 Å². The van der Waals surface area contributed by atoms with Crippen molar-refractivity contribution in [1.29, 1.82) is 0 Å². The molecule has 12 heavy (non-hydrogen) atoms. The summed E-state index contributed by atoms with van der Waals surface area (Å²) < 4.78 is 0. The van der Waals surface area contributed by atoms with E-state index in [1.54, 1.807) is 0 Å². The molecule has 3 heteroatoms. The average Bonchev–Trinajstić information content (AvgIpc) is 2.02. The van der Waals surface area contributed by atoms with Crippen LogP contribution in [0.2, 0.25) is 0 Å². The summed E-state index contributed by atoms with van der Waals surface area (Å²) in [5.41, 5.74) is 2.35. The van der Waals surface area contributed by atoms with Crippen LogP contribution < -0.4 is 4.98 Å². The molecule has 0 spiro atoms. The summed E-state index contributed by atoms with van der Waals surface area (Å²) in [6, 6.07) is 0. The van der Waals surface area contributed by atoms with E-state index >= 15 is 0 Å². The van der Waals surface area contributed by atoms with Crippen molar-refractivity contribution in [1.82, 2.24) is 9.88 Å². The Bertz CT molecular complexity index is 113. The Morgan fingerprint density at radius 2 is 2.17 bits per heavy atom. The summed E-state index contributed by atoms with van der Waals surface area (Å²) >= 11 is 0. The monoisotopic (exact) mass is 186 g/mol. The molecular formula is C9H22N2Si. The molecule has 0 aromatic rings. The Hall–Kier alpha value is -0.123. The van der Waals surface area contributed by atoms with Crippen molar-refractivity contribution in [2.45, 2.75) is 19.8 Å². The van der Waals surface area contributed by atoms with Gasteiger partial charge in [-0.3, -0.25) is 0 Å². The minimum absolute atomic E-state index is 0.0802. The van der Waals surface area contributed by atoms with E-state index in [-0.39, 0.29) is 9.68 Å². The van der Waals surface area contributed by atoms with Crippen LogP contribution in [-0.4, -0.2) is 41.8 Å². The zero-order valence-corrected chi connectivity index (χ0v) is 10.1. The maximum absolute atomic E-state index is 3.39. The highest BCUT2D eigenvalue weighted by Gasteiger charge is 1.86. The van der Waals surface area contributed by atoms with Gasteiger partial charge in [0.25, 0.3) is 0 Å². The van der Waals surface area contributed by atoms with Crippen molar-refractivity contribution in [3.8, 4) is 0 Å². The molecule has 2 nitrogen and oxygen atoms in total. The molecule has 0 saturated heterocycles. The molecular weight excluding hydrogens is 164 g/mol. The van der Waals surface area contributed by atoms with E-state index in [4.69, 9.17) is 0 Å². The molecule has 0 aliphatic heterocycles. The van der Waals surface area contributed by atoms with Crippen molar-refractivity contribution in [2.24, 2.45) is 0 Å². The van der Waals surface area contributed by atoms with E-state index in [0.29, 0.717) is 0 Å². The number of allylic oxidation sites excluding steroid dienone is 1. The van der Waals surface area contributed by atoms with Crippen molar-refractivity contribution in [3.63, 3.8) is 0 Å². The Morgan fingerprint density at radius 1 is 1.42 bits per heavy atom. The van der Waals surface area contributed by atoms with E-state index in [9.17, 15) is 0 Å². The van der Waals surface area contributed by atoms with Gasteiger partial charge < -0.3 is 9.88 Å². The van der Waals surface area contributed by atoms with Gasteiger partial charge in [-0.2, -0.15) is 0 Å². The third kappa shape index (κ3) is 9.88. The van der Waals surface area contributed by atoms with E-state index in [0.717, 1.165) is 6.54 Å². The Kier molecular flexibility index (Phi) is 8.88. The molecule has 72 valence electrons. The first-order chi connectivity index (χ1) is 5.77. The van der Waals surface area contributed by atoms with Gasteiger partial charge in [0.2, 0.25) is 0 Å². The minimum Gasteiger partial charge on any atom is -0.339 e. The van der Waals surface area contributed by atoms with Crippen LogP contribution in [-0.2, 0) is 0 Å². The summed E-state index contributed by atoms with van der Waals surface area (Å²) in [6.45, 7) is 4.48. The third-order valence-corrected chi connectivity index (χ3v) is 3.01. The number of rotatable bonds is 7. The summed E-state index contributed by atoms with van der Waals surface area (Å²) in [7, 11) is 4.16. The Balaban J connectivity index is 3.03. The maximum Gasteiger partial charge on any atom is 0.116 e. The average molecular weight is 186 g/mol. The fourth-order valence-corrected chi connectivity index (χ4v) is 1.81. The zero-order valence-electron chi connectivity index (χ0n) is 8.64. The predicted molar refractivity (Wildman–Crippen MR) is 59.1 cm³/mol. The molecule has 0 amide bonds. The highest BCUT2D eigenvalue weighted by atomic mass is 28.2. The summed E-state index contributed by atoms with van der Waals surface area (Å²) in [4.78, 5) is 5.62. The fourth-order valence-electron chi connectivity index (χ4n) is 0.954. The third-order valence-electron chi connectivity index (χ3n) is 1.65. The van der Waals surface area contributed by atoms with Gasteiger partial charge in [-0.15, -0.1) is 0 Å². The van der Waals surface area contributed by atoms with E-state index in [2.05, 4.69) is 42.7 Å². The predicted octanol–water partition coefficient (Wildman–Crippen LogP) is 0.535. The molecule has 0 aromatic heterocycles. The molecule has 1 N–H and O–H groups in total. The van der Waals surface area contributed by atoms with Crippen LogP contribution in [0.5, 0.6) is 0 Å². The molecule has 0 fully saturated rings. The van der Waals surface area contributed by atoms with E-state index < -0.39 is 0 Å². The SMILES string of the molecule is CCN[SiH2]C=CCCCN(C)C. The van der Waals surface area contributed by atoms with Crippen LogP contribution in [0.1, 0.15) is 19.8 Å². The molecule has 0 heterocycles. The maximum atomic E-state index is 3.39. The number of nitrogens with one attached hydrogen (secondary N) is 1. The van der Waals surface area contributed by atoms with E-state index in [1.807, 2.05) is 0 Å². The molecule has 0 unspecified atom stereocenters. The van der Waals surface area contributed by atoms with Gasteiger partial charge in [0.15, 0.2) is 0 Å². The lowest BCUT2D eigenvalue weighted by atomic mass is 10.3. The van der Waals surface area contributed by atoms with Crippen LogP contribution in [0, 0.1) is 0 Å². The van der Waals surface area contributed by atoms with Gasteiger partial charge >= 0.3 is 0 Å². The first kappa shape index (κ1) is 11.9. The number of unbranched alkanes of at least 4 members (excludes halogenated alkanes) is 1. The second-order valence-corrected chi connectivity index (χ2v) is 4.60. The summed E-state index contributed by atoms with van der Waals surface area (Å²) in [6.07, 6.45) is 4.83. The molecule has 0 radical (unpaired) electrons. The number of nitrogens with zero attached hydrogens (tertiary/aromatic N) is 1. The molecule has 0 aromatic carbocycles. The second kappa shape index (κ2) is 8.97. The second-order valence-electron chi connectivity index (χ2n) is 3.22. The topological polar surface area (TPSA) is 15.3 Å². The zero-order chi connectivity index (χ0) is 9.23.